The van der Waals surface area contributed by atoms with Crippen molar-refractivity contribution >= 4 is 28.3 Å². The first kappa shape index (κ1) is 24.1. The summed E-state index contributed by atoms with van der Waals surface area (Å²) in [5.74, 6) is 2.37. The molecule has 6 heteroatoms. The standard InChI is InChI=1S/C24H26BrNO3.ClH/c1-27-22-11-7-6-10-20(22)12-13-26-16-19-14-21(25)24(23(15-19)28-2)29-17-18-8-4-3-5-9-18;/h3-11,14-15,26H,12-13,16-17H2,1-2H3;1H. The lowest BCUT2D eigenvalue weighted by atomic mass is 10.1. The minimum absolute atomic E-state index is 0. The number of ether oxygens (including phenoxy) is 3. The smallest absolute Gasteiger partial charge is 0.175 e. The summed E-state index contributed by atoms with van der Waals surface area (Å²) in [5, 5.41) is 3.48. The van der Waals surface area contributed by atoms with Crippen LogP contribution in [0.3, 0.4) is 0 Å². The van der Waals surface area contributed by atoms with Crippen molar-refractivity contribution in [3.63, 3.8) is 0 Å². The maximum absolute atomic E-state index is 6.00. The zero-order valence-electron chi connectivity index (χ0n) is 17.2. The summed E-state index contributed by atoms with van der Waals surface area (Å²) in [7, 11) is 3.37. The molecule has 3 rings (SSSR count). The summed E-state index contributed by atoms with van der Waals surface area (Å²) in [6, 6.07) is 22.3. The molecule has 0 aromatic heterocycles. The minimum atomic E-state index is 0. The van der Waals surface area contributed by atoms with E-state index in [0.29, 0.717) is 12.4 Å². The van der Waals surface area contributed by atoms with Crippen molar-refractivity contribution in [1.29, 1.82) is 0 Å². The van der Waals surface area contributed by atoms with E-state index >= 15 is 0 Å². The lowest BCUT2D eigenvalue weighted by Crippen LogP contribution is -2.17. The number of para-hydroxylation sites is 1. The quantitative estimate of drug-likeness (QED) is 0.363. The molecule has 0 unspecified atom stereocenters. The van der Waals surface area contributed by atoms with E-state index < -0.39 is 0 Å². The molecule has 1 N–H and O–H groups in total. The molecule has 3 aromatic carbocycles. The fourth-order valence-corrected chi connectivity index (χ4v) is 3.71. The highest BCUT2D eigenvalue weighted by Crippen LogP contribution is 2.37. The molecular weight excluding hydrogens is 466 g/mol. The van der Waals surface area contributed by atoms with Gasteiger partial charge in [0.25, 0.3) is 0 Å². The van der Waals surface area contributed by atoms with Crippen LogP contribution in [0.5, 0.6) is 17.2 Å². The third kappa shape index (κ3) is 6.66. The molecule has 0 atom stereocenters. The monoisotopic (exact) mass is 491 g/mol. The Morgan fingerprint density at radius 2 is 1.53 bits per heavy atom. The molecule has 30 heavy (non-hydrogen) atoms. The van der Waals surface area contributed by atoms with Gasteiger partial charge in [0.05, 0.1) is 18.7 Å². The van der Waals surface area contributed by atoms with Crippen LogP contribution in [0.15, 0.2) is 71.2 Å². The van der Waals surface area contributed by atoms with Crippen LogP contribution in [0.2, 0.25) is 0 Å². The van der Waals surface area contributed by atoms with Gasteiger partial charge in [-0.25, -0.2) is 0 Å². The molecule has 160 valence electrons. The van der Waals surface area contributed by atoms with Gasteiger partial charge in [-0.2, -0.15) is 0 Å². The van der Waals surface area contributed by atoms with E-state index in [1.165, 1.54) is 5.56 Å². The summed E-state index contributed by atoms with van der Waals surface area (Å²) in [5.41, 5.74) is 3.44. The average molecular weight is 493 g/mol. The van der Waals surface area contributed by atoms with Gasteiger partial charge < -0.3 is 19.5 Å². The number of benzene rings is 3. The first-order valence-electron chi connectivity index (χ1n) is 9.57. The Balaban J connectivity index is 0.00000320. The van der Waals surface area contributed by atoms with Crippen LogP contribution in [0, 0.1) is 0 Å². The lowest BCUT2D eigenvalue weighted by Gasteiger charge is -2.15. The van der Waals surface area contributed by atoms with Crippen molar-refractivity contribution in [3.05, 3.63) is 87.9 Å². The number of halogens is 2. The molecule has 0 amide bonds. The Bertz CT molecular complexity index is 922. The van der Waals surface area contributed by atoms with Gasteiger partial charge in [-0.3, -0.25) is 0 Å². The highest BCUT2D eigenvalue weighted by atomic mass is 79.9. The van der Waals surface area contributed by atoms with Crippen molar-refractivity contribution < 1.29 is 14.2 Å². The molecule has 0 saturated heterocycles. The Hall–Kier alpha value is -2.21. The van der Waals surface area contributed by atoms with E-state index in [0.717, 1.165) is 46.6 Å². The molecule has 0 heterocycles. The number of nitrogens with one attached hydrogen (secondary N) is 1. The van der Waals surface area contributed by atoms with Gasteiger partial charge in [-0.05, 0) is 63.8 Å². The second-order valence-electron chi connectivity index (χ2n) is 6.62. The number of hydrogen-bond donors (Lipinski definition) is 1. The van der Waals surface area contributed by atoms with E-state index in [9.17, 15) is 0 Å². The van der Waals surface area contributed by atoms with Gasteiger partial charge in [0, 0.05) is 6.54 Å². The maximum Gasteiger partial charge on any atom is 0.175 e. The normalized spacial score (nSPS) is 10.2. The predicted octanol–water partition coefficient (Wildman–Crippen LogP) is 5.80. The Morgan fingerprint density at radius 1 is 0.833 bits per heavy atom. The van der Waals surface area contributed by atoms with Crippen LogP contribution < -0.4 is 19.5 Å². The summed E-state index contributed by atoms with van der Waals surface area (Å²) < 4.78 is 17.9. The van der Waals surface area contributed by atoms with Crippen molar-refractivity contribution in [2.45, 2.75) is 19.6 Å². The average Bonchev–Trinajstić information content (AvgIpc) is 2.76. The second-order valence-corrected chi connectivity index (χ2v) is 7.48. The molecule has 0 aliphatic rings. The molecular formula is C24H27BrClNO3. The molecule has 3 aromatic rings. The highest BCUT2D eigenvalue weighted by molar-refractivity contribution is 9.10. The third-order valence-electron chi connectivity index (χ3n) is 4.61. The molecule has 4 nitrogen and oxygen atoms in total. The fraction of sp³-hybridized carbons (Fsp3) is 0.250. The van der Waals surface area contributed by atoms with Crippen molar-refractivity contribution in [3.8, 4) is 17.2 Å². The van der Waals surface area contributed by atoms with Gasteiger partial charge in [0.15, 0.2) is 11.5 Å². The zero-order valence-corrected chi connectivity index (χ0v) is 19.6. The third-order valence-corrected chi connectivity index (χ3v) is 5.20. The van der Waals surface area contributed by atoms with Crippen molar-refractivity contribution in [2.75, 3.05) is 20.8 Å². The van der Waals surface area contributed by atoms with Crippen LogP contribution in [0.25, 0.3) is 0 Å². The number of hydrogen-bond acceptors (Lipinski definition) is 4. The van der Waals surface area contributed by atoms with Gasteiger partial charge in [-0.1, -0.05) is 48.5 Å². The Labute approximate surface area is 193 Å². The Kier molecular flexibility index (Phi) is 10.0. The second kappa shape index (κ2) is 12.5. The van der Waals surface area contributed by atoms with Crippen LogP contribution in [0.4, 0.5) is 0 Å². The largest absolute Gasteiger partial charge is 0.496 e. The Morgan fingerprint density at radius 3 is 2.27 bits per heavy atom. The SMILES string of the molecule is COc1ccccc1CCNCc1cc(Br)c(OCc2ccccc2)c(OC)c1.Cl. The zero-order chi connectivity index (χ0) is 20.5. The van der Waals surface area contributed by atoms with Crippen LogP contribution in [0.1, 0.15) is 16.7 Å². The van der Waals surface area contributed by atoms with Crippen molar-refractivity contribution in [2.24, 2.45) is 0 Å². The summed E-state index contributed by atoms with van der Waals surface area (Å²) >= 11 is 3.63. The molecule has 0 spiro atoms. The van der Waals surface area contributed by atoms with E-state index in [1.807, 2.05) is 54.6 Å². The van der Waals surface area contributed by atoms with Gasteiger partial charge in [0.2, 0.25) is 0 Å². The topological polar surface area (TPSA) is 39.7 Å². The van der Waals surface area contributed by atoms with E-state index in [1.54, 1.807) is 14.2 Å². The fourth-order valence-electron chi connectivity index (χ4n) is 3.11. The summed E-state index contributed by atoms with van der Waals surface area (Å²) in [6.07, 6.45) is 0.903. The van der Waals surface area contributed by atoms with Gasteiger partial charge in [-0.15, -0.1) is 12.4 Å². The number of rotatable bonds is 10. The summed E-state index contributed by atoms with van der Waals surface area (Å²) in [4.78, 5) is 0. The number of methoxy groups -OCH3 is 2. The van der Waals surface area contributed by atoms with Crippen molar-refractivity contribution in [1.82, 2.24) is 5.32 Å². The van der Waals surface area contributed by atoms with Crippen LogP contribution in [-0.2, 0) is 19.6 Å². The van der Waals surface area contributed by atoms with E-state index in [-0.39, 0.29) is 12.4 Å². The predicted molar refractivity (Wildman–Crippen MR) is 127 cm³/mol. The molecule has 0 fully saturated rings. The minimum Gasteiger partial charge on any atom is -0.496 e. The van der Waals surface area contributed by atoms with E-state index in [2.05, 4.69) is 33.4 Å². The van der Waals surface area contributed by atoms with Crippen LogP contribution >= 0.6 is 28.3 Å². The van der Waals surface area contributed by atoms with Gasteiger partial charge in [0.1, 0.15) is 12.4 Å². The molecule has 0 aliphatic heterocycles. The molecule has 0 bridgehead atoms. The van der Waals surface area contributed by atoms with Crippen LogP contribution in [-0.4, -0.2) is 20.8 Å². The van der Waals surface area contributed by atoms with E-state index in [4.69, 9.17) is 14.2 Å². The molecule has 0 aliphatic carbocycles. The summed E-state index contributed by atoms with van der Waals surface area (Å²) in [6.45, 7) is 2.09. The first-order valence-corrected chi connectivity index (χ1v) is 10.4. The maximum atomic E-state index is 6.00. The molecule has 0 saturated carbocycles. The molecule has 0 radical (unpaired) electrons. The lowest BCUT2D eigenvalue weighted by molar-refractivity contribution is 0.282. The highest BCUT2D eigenvalue weighted by Gasteiger charge is 2.12. The first-order chi connectivity index (χ1) is 14.2. The van der Waals surface area contributed by atoms with Gasteiger partial charge >= 0.3 is 0 Å².